The van der Waals surface area contributed by atoms with Gasteiger partial charge in [-0.3, -0.25) is 10.1 Å². The van der Waals surface area contributed by atoms with Gasteiger partial charge in [-0.1, -0.05) is 6.92 Å². The summed E-state index contributed by atoms with van der Waals surface area (Å²) in [6.45, 7) is 1.93. The largest absolute Gasteiger partial charge is 0.456 e. The number of nitrogens with zero attached hydrogens (tertiary/aromatic N) is 1. The average molecular weight is 246 g/mol. The standard InChI is InChI=1S/C8H11N2O5P/c1-2-9-16(13,14)15-8-5-3-7(4-6-8)10(11)12/h3-6H,2H2,1H3,(H2,9,13,14). The van der Waals surface area contributed by atoms with Crippen LogP contribution >= 0.6 is 7.75 Å². The van der Waals surface area contributed by atoms with Crippen molar-refractivity contribution in [3.8, 4) is 5.75 Å². The molecule has 16 heavy (non-hydrogen) atoms. The highest BCUT2D eigenvalue weighted by Crippen LogP contribution is 2.38. The lowest BCUT2D eigenvalue weighted by Gasteiger charge is -2.12. The first kappa shape index (κ1) is 12.6. The molecule has 1 aromatic rings. The van der Waals surface area contributed by atoms with Crippen LogP contribution in [0.1, 0.15) is 6.92 Å². The minimum absolute atomic E-state index is 0.0948. The highest BCUT2D eigenvalue weighted by molar-refractivity contribution is 7.51. The van der Waals surface area contributed by atoms with Crippen LogP contribution in [0.2, 0.25) is 0 Å². The van der Waals surface area contributed by atoms with Crippen LogP contribution in [0.3, 0.4) is 0 Å². The van der Waals surface area contributed by atoms with E-state index in [-0.39, 0.29) is 18.0 Å². The van der Waals surface area contributed by atoms with Gasteiger partial charge in [0.2, 0.25) is 0 Å². The monoisotopic (exact) mass is 246 g/mol. The Hall–Kier alpha value is -1.43. The lowest BCUT2D eigenvalue weighted by molar-refractivity contribution is -0.384. The Morgan fingerprint density at radius 3 is 2.50 bits per heavy atom. The molecule has 1 atom stereocenters. The highest BCUT2D eigenvalue weighted by atomic mass is 31.2. The molecule has 1 unspecified atom stereocenters. The maximum absolute atomic E-state index is 11.3. The fraction of sp³-hybridized carbons (Fsp3) is 0.250. The first-order valence-corrected chi connectivity index (χ1v) is 6.04. The maximum atomic E-state index is 11.3. The number of nitrogens with one attached hydrogen (secondary N) is 1. The van der Waals surface area contributed by atoms with E-state index >= 15 is 0 Å². The number of benzene rings is 1. The molecule has 0 aliphatic heterocycles. The van der Waals surface area contributed by atoms with E-state index in [0.29, 0.717) is 0 Å². The van der Waals surface area contributed by atoms with Gasteiger partial charge >= 0.3 is 7.75 Å². The zero-order valence-electron chi connectivity index (χ0n) is 8.49. The van der Waals surface area contributed by atoms with Crippen LogP contribution in [0, 0.1) is 10.1 Å². The molecule has 0 spiro atoms. The van der Waals surface area contributed by atoms with Gasteiger partial charge in [0.25, 0.3) is 5.69 Å². The molecule has 0 aromatic heterocycles. The van der Waals surface area contributed by atoms with Crippen LogP contribution in [0.15, 0.2) is 24.3 Å². The quantitative estimate of drug-likeness (QED) is 0.465. The van der Waals surface area contributed by atoms with Crippen molar-refractivity contribution < 1.29 is 18.9 Å². The number of hydrogen-bond acceptors (Lipinski definition) is 4. The first-order valence-electron chi connectivity index (χ1n) is 4.46. The second-order valence-electron chi connectivity index (χ2n) is 2.87. The molecule has 1 rings (SSSR count). The molecule has 1 aromatic carbocycles. The van der Waals surface area contributed by atoms with E-state index in [4.69, 9.17) is 4.52 Å². The molecule has 0 radical (unpaired) electrons. The molecule has 0 amide bonds. The van der Waals surface area contributed by atoms with E-state index < -0.39 is 12.7 Å². The highest BCUT2D eigenvalue weighted by Gasteiger charge is 2.19. The third-order valence-electron chi connectivity index (χ3n) is 1.63. The van der Waals surface area contributed by atoms with Gasteiger partial charge < -0.3 is 9.42 Å². The van der Waals surface area contributed by atoms with Gasteiger partial charge in [0.1, 0.15) is 5.75 Å². The van der Waals surface area contributed by atoms with Crippen LogP contribution in [0.4, 0.5) is 5.69 Å². The van der Waals surface area contributed by atoms with Crippen LogP contribution < -0.4 is 9.61 Å². The SMILES string of the molecule is CCNP(=O)(O)Oc1ccc([N+](=O)[O-])cc1. The van der Waals surface area contributed by atoms with E-state index in [1.54, 1.807) is 6.92 Å². The van der Waals surface area contributed by atoms with Gasteiger partial charge in [0.05, 0.1) is 4.92 Å². The fourth-order valence-corrected chi connectivity index (χ4v) is 1.88. The molecule has 0 saturated carbocycles. The first-order chi connectivity index (χ1) is 7.44. The van der Waals surface area contributed by atoms with Crippen molar-refractivity contribution in [2.45, 2.75) is 6.92 Å². The third-order valence-corrected chi connectivity index (χ3v) is 2.81. The summed E-state index contributed by atoms with van der Waals surface area (Å²) in [6.07, 6.45) is 0. The summed E-state index contributed by atoms with van der Waals surface area (Å²) in [7, 11) is -3.87. The Morgan fingerprint density at radius 1 is 1.50 bits per heavy atom. The predicted molar refractivity (Wildman–Crippen MR) is 57.2 cm³/mol. The maximum Gasteiger partial charge on any atom is 0.456 e. The molecule has 2 N–H and O–H groups in total. The van der Waals surface area contributed by atoms with E-state index in [9.17, 15) is 19.6 Å². The molecular formula is C8H11N2O5P. The molecule has 0 fully saturated rings. The van der Waals surface area contributed by atoms with Crippen molar-refractivity contribution >= 4 is 13.4 Å². The Morgan fingerprint density at radius 2 is 2.06 bits per heavy atom. The van der Waals surface area contributed by atoms with Crippen molar-refractivity contribution in [3.05, 3.63) is 34.4 Å². The van der Waals surface area contributed by atoms with E-state index in [1.807, 2.05) is 0 Å². The Kier molecular flexibility index (Phi) is 4.00. The van der Waals surface area contributed by atoms with E-state index in [0.717, 1.165) is 0 Å². The molecule has 7 nitrogen and oxygen atoms in total. The lowest BCUT2D eigenvalue weighted by atomic mass is 10.3. The summed E-state index contributed by atoms with van der Waals surface area (Å²) >= 11 is 0. The summed E-state index contributed by atoms with van der Waals surface area (Å²) in [5.41, 5.74) is -0.108. The lowest BCUT2D eigenvalue weighted by Crippen LogP contribution is -2.12. The van der Waals surface area contributed by atoms with Crippen molar-refractivity contribution in [3.63, 3.8) is 0 Å². The van der Waals surface area contributed by atoms with Gasteiger partial charge in [-0.05, 0) is 12.1 Å². The van der Waals surface area contributed by atoms with Crippen molar-refractivity contribution in [1.29, 1.82) is 0 Å². The Bertz CT molecular complexity index is 419. The number of nitro benzene ring substituents is 1. The van der Waals surface area contributed by atoms with Gasteiger partial charge in [-0.15, -0.1) is 0 Å². The normalized spacial score (nSPS) is 14.1. The summed E-state index contributed by atoms with van der Waals surface area (Å²) in [5, 5.41) is 12.6. The Balaban J connectivity index is 2.76. The molecule has 8 heteroatoms. The van der Waals surface area contributed by atoms with E-state index in [1.165, 1.54) is 24.3 Å². The number of rotatable bonds is 5. The summed E-state index contributed by atoms with van der Waals surface area (Å²) in [4.78, 5) is 19.0. The minimum Gasteiger partial charge on any atom is -0.413 e. The minimum atomic E-state index is -3.87. The van der Waals surface area contributed by atoms with Crippen LogP contribution in [-0.4, -0.2) is 16.4 Å². The molecule has 0 aliphatic carbocycles. The smallest absolute Gasteiger partial charge is 0.413 e. The second kappa shape index (κ2) is 5.07. The van der Waals surface area contributed by atoms with Crippen molar-refractivity contribution in [2.24, 2.45) is 0 Å². The van der Waals surface area contributed by atoms with Gasteiger partial charge in [0.15, 0.2) is 0 Å². The van der Waals surface area contributed by atoms with Crippen molar-refractivity contribution in [1.82, 2.24) is 5.09 Å². The average Bonchev–Trinajstić information content (AvgIpc) is 2.17. The zero-order chi connectivity index (χ0) is 12.2. The van der Waals surface area contributed by atoms with Crippen LogP contribution in [-0.2, 0) is 4.57 Å². The topological polar surface area (TPSA) is 102 Å². The molecule has 0 heterocycles. The van der Waals surface area contributed by atoms with Gasteiger partial charge in [-0.2, -0.15) is 0 Å². The van der Waals surface area contributed by atoms with Crippen LogP contribution in [0.25, 0.3) is 0 Å². The Labute approximate surface area is 91.8 Å². The van der Waals surface area contributed by atoms with Gasteiger partial charge in [-0.25, -0.2) is 9.65 Å². The summed E-state index contributed by atoms with van der Waals surface area (Å²) < 4.78 is 16.0. The predicted octanol–water partition coefficient (Wildman–Crippen LogP) is 1.68. The number of hydrogen-bond donors (Lipinski definition) is 2. The molecule has 88 valence electrons. The summed E-state index contributed by atoms with van der Waals surface area (Å²) in [5.74, 6) is 0.0948. The second-order valence-corrected chi connectivity index (χ2v) is 4.41. The number of non-ortho nitro benzene ring substituents is 1. The molecule has 0 bridgehead atoms. The van der Waals surface area contributed by atoms with E-state index in [2.05, 4.69) is 5.09 Å². The molecule has 0 saturated heterocycles. The fourth-order valence-electron chi connectivity index (χ4n) is 1.00. The van der Waals surface area contributed by atoms with Gasteiger partial charge in [0, 0.05) is 18.7 Å². The molecular weight excluding hydrogens is 235 g/mol. The third kappa shape index (κ3) is 3.62. The van der Waals surface area contributed by atoms with Crippen LogP contribution in [0.5, 0.6) is 5.75 Å². The summed E-state index contributed by atoms with van der Waals surface area (Å²) in [6, 6.07) is 4.92. The zero-order valence-corrected chi connectivity index (χ0v) is 9.39. The molecule has 0 aliphatic rings. The van der Waals surface area contributed by atoms with Crippen molar-refractivity contribution in [2.75, 3.05) is 6.54 Å². The number of nitro groups is 1.